The lowest BCUT2D eigenvalue weighted by molar-refractivity contribution is -0.123. The zero-order chi connectivity index (χ0) is 21.5. The van der Waals surface area contributed by atoms with Crippen molar-refractivity contribution in [2.75, 3.05) is 23.5 Å². The summed E-state index contributed by atoms with van der Waals surface area (Å²) in [6.07, 6.45) is 0.494. The molecule has 3 amide bonds. The van der Waals surface area contributed by atoms with Crippen LogP contribution in [0.15, 0.2) is 53.6 Å². The quantitative estimate of drug-likeness (QED) is 0.736. The third-order valence-corrected chi connectivity index (χ3v) is 4.40. The Hall–Kier alpha value is -3.68. The van der Waals surface area contributed by atoms with Gasteiger partial charge in [0.1, 0.15) is 11.5 Å². The monoisotopic (exact) mass is 408 g/mol. The molecule has 3 rings (SSSR count). The van der Waals surface area contributed by atoms with Gasteiger partial charge in [-0.3, -0.25) is 14.4 Å². The standard InChI is InChI=1S/C22H24N4O4/c1-3-23-20(27)14-30-18-9-7-16(8-10-18)24-22(29)19-11-12-21(28)26(25-19)17-6-4-5-15(2)13-17/h4-10,13H,3,11-12,14H2,1-2H3,(H,23,27)(H,24,29). The summed E-state index contributed by atoms with van der Waals surface area (Å²) in [6, 6.07) is 14.1. The number of hydrogen-bond donors (Lipinski definition) is 2. The Morgan fingerprint density at radius 2 is 1.90 bits per heavy atom. The molecule has 2 aromatic carbocycles. The number of aryl methyl sites for hydroxylation is 1. The van der Waals surface area contributed by atoms with Crippen LogP contribution in [0.1, 0.15) is 25.3 Å². The predicted molar refractivity (Wildman–Crippen MR) is 115 cm³/mol. The van der Waals surface area contributed by atoms with E-state index in [-0.39, 0.29) is 42.9 Å². The highest BCUT2D eigenvalue weighted by atomic mass is 16.5. The van der Waals surface area contributed by atoms with E-state index in [1.54, 1.807) is 30.3 Å². The van der Waals surface area contributed by atoms with E-state index in [1.807, 2.05) is 32.0 Å². The smallest absolute Gasteiger partial charge is 0.271 e. The van der Waals surface area contributed by atoms with Crippen molar-refractivity contribution in [1.82, 2.24) is 5.32 Å². The Labute approximate surface area is 174 Å². The first kappa shape index (κ1) is 21.0. The summed E-state index contributed by atoms with van der Waals surface area (Å²) < 4.78 is 5.39. The fourth-order valence-electron chi connectivity index (χ4n) is 2.91. The molecule has 1 aliphatic heterocycles. The van der Waals surface area contributed by atoms with Gasteiger partial charge in [0.15, 0.2) is 6.61 Å². The van der Waals surface area contributed by atoms with Gasteiger partial charge in [-0.2, -0.15) is 5.10 Å². The van der Waals surface area contributed by atoms with Gasteiger partial charge in [-0.05, 0) is 55.8 Å². The van der Waals surface area contributed by atoms with E-state index in [0.29, 0.717) is 23.7 Å². The highest BCUT2D eigenvalue weighted by Crippen LogP contribution is 2.22. The normalized spacial score (nSPS) is 13.5. The number of ether oxygens (including phenoxy) is 1. The summed E-state index contributed by atoms with van der Waals surface area (Å²) in [5, 5.41) is 11.0. The molecule has 0 saturated carbocycles. The number of hydrogen-bond acceptors (Lipinski definition) is 5. The van der Waals surface area contributed by atoms with Crippen LogP contribution in [0.3, 0.4) is 0 Å². The molecule has 2 aromatic rings. The number of anilines is 2. The van der Waals surface area contributed by atoms with E-state index >= 15 is 0 Å². The van der Waals surface area contributed by atoms with Crippen LogP contribution in [0.25, 0.3) is 0 Å². The van der Waals surface area contributed by atoms with Crippen LogP contribution in [-0.4, -0.2) is 36.6 Å². The van der Waals surface area contributed by atoms with Gasteiger partial charge in [0.25, 0.3) is 11.8 Å². The van der Waals surface area contributed by atoms with Crippen LogP contribution in [-0.2, 0) is 14.4 Å². The minimum atomic E-state index is -0.365. The Kier molecular flexibility index (Phi) is 6.79. The van der Waals surface area contributed by atoms with Gasteiger partial charge >= 0.3 is 0 Å². The number of rotatable bonds is 7. The van der Waals surface area contributed by atoms with Gasteiger partial charge < -0.3 is 15.4 Å². The minimum Gasteiger partial charge on any atom is -0.484 e. The average Bonchev–Trinajstić information content (AvgIpc) is 2.74. The van der Waals surface area contributed by atoms with Gasteiger partial charge in [-0.25, -0.2) is 5.01 Å². The fourth-order valence-corrected chi connectivity index (χ4v) is 2.91. The summed E-state index contributed by atoms with van der Waals surface area (Å²) in [5.41, 5.74) is 2.49. The molecule has 0 aromatic heterocycles. The maximum Gasteiger partial charge on any atom is 0.271 e. The first-order valence-electron chi connectivity index (χ1n) is 9.74. The van der Waals surface area contributed by atoms with Crippen molar-refractivity contribution in [2.45, 2.75) is 26.7 Å². The first-order valence-corrected chi connectivity index (χ1v) is 9.74. The topological polar surface area (TPSA) is 100 Å². The molecular formula is C22H24N4O4. The maximum absolute atomic E-state index is 12.6. The largest absolute Gasteiger partial charge is 0.484 e. The van der Waals surface area contributed by atoms with Crippen molar-refractivity contribution in [1.29, 1.82) is 0 Å². The zero-order valence-electron chi connectivity index (χ0n) is 17.0. The summed E-state index contributed by atoms with van der Waals surface area (Å²) in [7, 11) is 0. The molecule has 0 saturated heterocycles. The van der Waals surface area contributed by atoms with E-state index in [9.17, 15) is 14.4 Å². The second-order valence-electron chi connectivity index (χ2n) is 6.81. The molecule has 0 radical (unpaired) electrons. The molecular weight excluding hydrogens is 384 g/mol. The minimum absolute atomic E-state index is 0.0703. The second kappa shape index (κ2) is 9.69. The molecule has 1 heterocycles. The highest BCUT2D eigenvalue weighted by Gasteiger charge is 2.25. The number of hydrazone groups is 1. The number of carbonyl (C=O) groups excluding carboxylic acids is 3. The maximum atomic E-state index is 12.6. The van der Waals surface area contributed by atoms with E-state index in [2.05, 4.69) is 15.7 Å². The molecule has 0 fully saturated rings. The van der Waals surface area contributed by atoms with Gasteiger partial charge in [0, 0.05) is 25.1 Å². The Morgan fingerprint density at radius 3 is 2.60 bits per heavy atom. The summed E-state index contributed by atoms with van der Waals surface area (Å²) >= 11 is 0. The van der Waals surface area contributed by atoms with Crippen molar-refractivity contribution in [2.24, 2.45) is 5.10 Å². The third-order valence-electron chi connectivity index (χ3n) is 4.40. The van der Waals surface area contributed by atoms with Crippen molar-refractivity contribution < 1.29 is 19.1 Å². The van der Waals surface area contributed by atoms with E-state index in [0.717, 1.165) is 5.56 Å². The molecule has 8 heteroatoms. The van der Waals surface area contributed by atoms with Gasteiger partial charge in [-0.1, -0.05) is 12.1 Å². The number of benzene rings is 2. The summed E-state index contributed by atoms with van der Waals surface area (Å²) in [4.78, 5) is 36.3. The molecule has 0 spiro atoms. The van der Waals surface area contributed by atoms with Crippen LogP contribution in [0.4, 0.5) is 11.4 Å². The SMILES string of the molecule is CCNC(=O)COc1ccc(NC(=O)C2=NN(c3cccc(C)c3)C(=O)CC2)cc1. The number of carbonyl (C=O) groups is 3. The molecule has 0 aliphatic carbocycles. The van der Waals surface area contributed by atoms with Crippen molar-refractivity contribution in [3.05, 3.63) is 54.1 Å². The lowest BCUT2D eigenvalue weighted by atomic mass is 10.1. The molecule has 0 bridgehead atoms. The van der Waals surface area contributed by atoms with Crippen molar-refractivity contribution in [3.8, 4) is 5.75 Å². The van der Waals surface area contributed by atoms with E-state index in [1.165, 1.54) is 5.01 Å². The lowest BCUT2D eigenvalue weighted by Crippen LogP contribution is -2.36. The van der Waals surface area contributed by atoms with Gasteiger partial charge in [-0.15, -0.1) is 0 Å². The molecule has 30 heavy (non-hydrogen) atoms. The number of amides is 3. The molecule has 8 nitrogen and oxygen atoms in total. The second-order valence-corrected chi connectivity index (χ2v) is 6.81. The molecule has 0 atom stereocenters. The van der Waals surface area contributed by atoms with Crippen LogP contribution >= 0.6 is 0 Å². The van der Waals surface area contributed by atoms with Gasteiger partial charge in [0.05, 0.1) is 5.69 Å². The van der Waals surface area contributed by atoms with Crippen molar-refractivity contribution in [3.63, 3.8) is 0 Å². The van der Waals surface area contributed by atoms with Crippen LogP contribution in [0.2, 0.25) is 0 Å². The van der Waals surface area contributed by atoms with Gasteiger partial charge in [0.2, 0.25) is 5.91 Å². The predicted octanol–water partition coefficient (Wildman–Crippen LogP) is 2.63. The van der Waals surface area contributed by atoms with Crippen LogP contribution in [0.5, 0.6) is 5.75 Å². The van der Waals surface area contributed by atoms with E-state index < -0.39 is 0 Å². The van der Waals surface area contributed by atoms with Crippen LogP contribution in [0, 0.1) is 6.92 Å². The number of likely N-dealkylation sites (N-methyl/N-ethyl adjacent to an activating group) is 1. The third kappa shape index (κ3) is 5.44. The Morgan fingerprint density at radius 1 is 1.13 bits per heavy atom. The Balaban J connectivity index is 1.64. The fraction of sp³-hybridized carbons (Fsp3) is 0.273. The Bertz CT molecular complexity index is 969. The zero-order valence-corrected chi connectivity index (χ0v) is 17.0. The summed E-state index contributed by atoms with van der Waals surface area (Å²) in [6.45, 7) is 4.24. The number of nitrogens with one attached hydrogen (secondary N) is 2. The van der Waals surface area contributed by atoms with Crippen molar-refractivity contribution >= 4 is 34.8 Å². The van der Waals surface area contributed by atoms with E-state index in [4.69, 9.17) is 4.74 Å². The molecule has 156 valence electrons. The summed E-state index contributed by atoms with van der Waals surface area (Å²) in [5.74, 6) is -0.190. The average molecular weight is 408 g/mol. The highest BCUT2D eigenvalue weighted by molar-refractivity contribution is 6.44. The molecule has 2 N–H and O–H groups in total. The van der Waals surface area contributed by atoms with Crippen LogP contribution < -0.4 is 20.4 Å². The first-order chi connectivity index (χ1) is 14.5. The lowest BCUT2D eigenvalue weighted by Gasteiger charge is -2.23. The number of nitrogens with zero attached hydrogens (tertiary/aromatic N) is 2. The molecule has 1 aliphatic rings. The molecule has 0 unspecified atom stereocenters.